The van der Waals surface area contributed by atoms with Crippen molar-refractivity contribution in [3.05, 3.63) is 60.6 Å². The minimum atomic E-state index is -0.161. The van der Waals surface area contributed by atoms with E-state index < -0.39 is 0 Å². The Balaban J connectivity index is 1.60. The molecule has 1 amide bonds. The number of benzene rings is 1. The van der Waals surface area contributed by atoms with Crippen molar-refractivity contribution in [2.24, 2.45) is 0 Å². The van der Waals surface area contributed by atoms with Gasteiger partial charge >= 0.3 is 0 Å². The van der Waals surface area contributed by atoms with E-state index in [0.717, 1.165) is 30.1 Å². The molecule has 0 saturated carbocycles. The molecule has 0 aliphatic carbocycles. The second kappa shape index (κ2) is 8.28. The lowest BCUT2D eigenvalue weighted by Crippen LogP contribution is -2.30. The van der Waals surface area contributed by atoms with Gasteiger partial charge in [0.15, 0.2) is 11.5 Å². The smallest absolute Gasteiger partial charge is 0.224 e. The quantitative estimate of drug-likeness (QED) is 0.685. The number of rotatable bonds is 8. The van der Waals surface area contributed by atoms with Gasteiger partial charge in [-0.3, -0.25) is 9.20 Å². The Kier molecular flexibility index (Phi) is 5.61. The summed E-state index contributed by atoms with van der Waals surface area (Å²) in [5, 5.41) is 11.5. The maximum atomic E-state index is 12.3. The van der Waals surface area contributed by atoms with Crippen LogP contribution in [0.2, 0.25) is 0 Å². The number of fused-ring (bicyclic) bond motifs is 1. The first-order valence-electron chi connectivity index (χ1n) is 8.55. The molecule has 0 spiro atoms. The number of hydrogen-bond acceptors (Lipinski definition) is 4. The number of nitrogens with one attached hydrogen (secondary N) is 1. The Morgan fingerprint density at radius 1 is 1.16 bits per heavy atom. The Labute approximate surface area is 146 Å². The van der Waals surface area contributed by atoms with Crippen LogP contribution in [0.25, 0.3) is 5.65 Å². The van der Waals surface area contributed by atoms with Crippen LogP contribution in [0.3, 0.4) is 0 Å². The van der Waals surface area contributed by atoms with Crippen molar-refractivity contribution in [3.63, 3.8) is 0 Å². The van der Waals surface area contributed by atoms with Crippen LogP contribution in [0.4, 0.5) is 0 Å². The normalized spacial score (nSPS) is 12.0. The van der Waals surface area contributed by atoms with E-state index in [9.17, 15) is 4.79 Å². The molecule has 25 heavy (non-hydrogen) atoms. The van der Waals surface area contributed by atoms with Crippen molar-refractivity contribution in [1.29, 1.82) is 0 Å². The first kappa shape index (κ1) is 17.0. The standard InChI is InChI=1S/C19H22N4O2/c1-2-8-16(19-22-21-17-11-6-7-13-23(17)19)20-18(24)12-14-25-15-9-4-3-5-10-15/h3-7,9-11,13,16H,2,8,12,14H2,1H3,(H,20,24)/t16-/m1/s1. The Morgan fingerprint density at radius 3 is 2.76 bits per heavy atom. The predicted molar refractivity (Wildman–Crippen MR) is 95.3 cm³/mol. The number of pyridine rings is 1. The molecule has 0 fully saturated rings. The number of amides is 1. The first-order valence-corrected chi connectivity index (χ1v) is 8.55. The van der Waals surface area contributed by atoms with Gasteiger partial charge in [0.05, 0.1) is 19.1 Å². The van der Waals surface area contributed by atoms with Crippen molar-refractivity contribution in [2.45, 2.75) is 32.2 Å². The minimum Gasteiger partial charge on any atom is -0.493 e. The number of ether oxygens (including phenoxy) is 1. The molecule has 0 unspecified atom stereocenters. The third-order valence-corrected chi connectivity index (χ3v) is 3.91. The van der Waals surface area contributed by atoms with Gasteiger partial charge in [0.1, 0.15) is 5.75 Å². The van der Waals surface area contributed by atoms with Gasteiger partial charge in [-0.1, -0.05) is 37.6 Å². The second-order valence-corrected chi connectivity index (χ2v) is 5.81. The molecule has 6 heteroatoms. The van der Waals surface area contributed by atoms with E-state index in [2.05, 4.69) is 22.4 Å². The monoisotopic (exact) mass is 338 g/mol. The molecular formula is C19H22N4O2. The molecule has 1 N–H and O–H groups in total. The summed E-state index contributed by atoms with van der Waals surface area (Å²) in [4.78, 5) is 12.3. The summed E-state index contributed by atoms with van der Waals surface area (Å²) in [6.45, 7) is 2.43. The Hall–Kier alpha value is -2.89. The van der Waals surface area contributed by atoms with Crippen molar-refractivity contribution in [1.82, 2.24) is 19.9 Å². The molecular weight excluding hydrogens is 316 g/mol. The summed E-state index contributed by atoms with van der Waals surface area (Å²) in [7, 11) is 0. The van der Waals surface area contributed by atoms with Crippen molar-refractivity contribution in [3.8, 4) is 5.75 Å². The van der Waals surface area contributed by atoms with Crippen molar-refractivity contribution < 1.29 is 9.53 Å². The van der Waals surface area contributed by atoms with E-state index in [4.69, 9.17) is 4.74 Å². The predicted octanol–water partition coefficient (Wildman–Crippen LogP) is 3.16. The van der Waals surface area contributed by atoms with Crippen LogP contribution in [-0.4, -0.2) is 27.1 Å². The molecule has 2 heterocycles. The van der Waals surface area contributed by atoms with Gasteiger partial charge in [-0.05, 0) is 30.7 Å². The Bertz CT molecular complexity index is 816. The Morgan fingerprint density at radius 2 is 1.96 bits per heavy atom. The summed E-state index contributed by atoms with van der Waals surface area (Å²) in [6.07, 6.45) is 3.96. The third kappa shape index (κ3) is 4.35. The second-order valence-electron chi connectivity index (χ2n) is 5.81. The van der Waals surface area contributed by atoms with E-state index in [1.807, 2.05) is 59.1 Å². The van der Waals surface area contributed by atoms with Gasteiger partial charge in [-0.15, -0.1) is 10.2 Å². The van der Waals surface area contributed by atoms with Crippen LogP contribution in [0.5, 0.6) is 5.75 Å². The molecule has 2 aromatic heterocycles. The van der Waals surface area contributed by atoms with Crippen LogP contribution in [0.1, 0.15) is 38.1 Å². The number of para-hydroxylation sites is 1. The van der Waals surface area contributed by atoms with Crippen LogP contribution >= 0.6 is 0 Å². The molecule has 0 radical (unpaired) electrons. The molecule has 0 bridgehead atoms. The SMILES string of the molecule is CCC[C@@H](NC(=O)CCOc1ccccc1)c1nnc2ccccn12. The van der Waals surface area contributed by atoms with E-state index in [0.29, 0.717) is 13.0 Å². The molecule has 1 atom stereocenters. The zero-order valence-corrected chi connectivity index (χ0v) is 14.3. The number of nitrogens with zero attached hydrogens (tertiary/aromatic N) is 3. The summed E-state index contributed by atoms with van der Waals surface area (Å²) < 4.78 is 7.50. The fourth-order valence-corrected chi connectivity index (χ4v) is 2.70. The molecule has 6 nitrogen and oxygen atoms in total. The molecule has 0 aliphatic rings. The van der Waals surface area contributed by atoms with Crippen molar-refractivity contribution in [2.75, 3.05) is 6.61 Å². The van der Waals surface area contributed by atoms with E-state index >= 15 is 0 Å². The third-order valence-electron chi connectivity index (χ3n) is 3.91. The van der Waals surface area contributed by atoms with Gasteiger partial charge in [0.2, 0.25) is 5.91 Å². The molecule has 0 saturated heterocycles. The molecule has 1 aromatic carbocycles. The lowest BCUT2D eigenvalue weighted by molar-refractivity contribution is -0.122. The number of hydrogen-bond donors (Lipinski definition) is 1. The number of carbonyl (C=O) groups excluding carboxylic acids is 1. The van der Waals surface area contributed by atoms with Gasteiger partial charge in [0.25, 0.3) is 0 Å². The van der Waals surface area contributed by atoms with E-state index in [1.165, 1.54) is 0 Å². The molecule has 0 aliphatic heterocycles. The van der Waals surface area contributed by atoms with Crippen LogP contribution < -0.4 is 10.1 Å². The van der Waals surface area contributed by atoms with Gasteiger partial charge in [-0.25, -0.2) is 0 Å². The van der Waals surface area contributed by atoms with Crippen LogP contribution in [0, 0.1) is 0 Å². The topological polar surface area (TPSA) is 68.5 Å². The summed E-state index contributed by atoms with van der Waals surface area (Å²) in [6, 6.07) is 15.1. The lowest BCUT2D eigenvalue weighted by atomic mass is 10.1. The fraction of sp³-hybridized carbons (Fsp3) is 0.316. The largest absolute Gasteiger partial charge is 0.493 e. The highest BCUT2D eigenvalue weighted by molar-refractivity contribution is 5.76. The number of aromatic nitrogens is 3. The zero-order valence-electron chi connectivity index (χ0n) is 14.3. The van der Waals surface area contributed by atoms with E-state index in [-0.39, 0.29) is 11.9 Å². The summed E-state index contributed by atoms with van der Waals surface area (Å²) >= 11 is 0. The first-order chi connectivity index (χ1) is 12.3. The highest BCUT2D eigenvalue weighted by Gasteiger charge is 2.19. The minimum absolute atomic E-state index is 0.0536. The summed E-state index contributed by atoms with van der Waals surface area (Å²) in [5.74, 6) is 1.47. The van der Waals surface area contributed by atoms with Gasteiger partial charge in [0, 0.05) is 6.20 Å². The van der Waals surface area contributed by atoms with Gasteiger partial charge in [-0.2, -0.15) is 0 Å². The van der Waals surface area contributed by atoms with Gasteiger partial charge < -0.3 is 10.1 Å². The van der Waals surface area contributed by atoms with E-state index in [1.54, 1.807) is 0 Å². The molecule has 3 aromatic rings. The average molecular weight is 338 g/mol. The zero-order chi connectivity index (χ0) is 17.5. The van der Waals surface area contributed by atoms with Crippen LogP contribution in [0.15, 0.2) is 54.7 Å². The van der Waals surface area contributed by atoms with Crippen molar-refractivity contribution >= 4 is 11.6 Å². The molecule has 3 rings (SSSR count). The lowest BCUT2D eigenvalue weighted by Gasteiger charge is -2.16. The fourth-order valence-electron chi connectivity index (χ4n) is 2.70. The number of carbonyl (C=O) groups is 1. The highest BCUT2D eigenvalue weighted by Crippen LogP contribution is 2.18. The maximum Gasteiger partial charge on any atom is 0.224 e. The maximum absolute atomic E-state index is 12.3. The average Bonchev–Trinajstić information content (AvgIpc) is 3.06. The van der Waals surface area contributed by atoms with Crippen LogP contribution in [-0.2, 0) is 4.79 Å². The highest BCUT2D eigenvalue weighted by atomic mass is 16.5. The molecule has 130 valence electrons. The summed E-state index contributed by atoms with van der Waals surface area (Å²) in [5.41, 5.74) is 0.778.